The molecule has 2 aliphatic heterocycles. The van der Waals surface area contributed by atoms with Crippen LogP contribution < -0.4 is 11.1 Å². The first-order valence-electron chi connectivity index (χ1n) is 18.5. The highest BCUT2D eigenvalue weighted by Gasteiger charge is 2.38. The lowest BCUT2D eigenvalue weighted by Crippen LogP contribution is -2.55. The smallest absolute Gasteiger partial charge is 0.433 e. The molecule has 20 heteroatoms. The number of nitrogen functional groups attached to an aromatic ring is 1. The molecule has 4 aromatic rings. The number of nitrogens with zero attached hydrogens (tertiary/aromatic N) is 6. The molecule has 310 valence electrons. The van der Waals surface area contributed by atoms with Crippen LogP contribution in [0.4, 0.5) is 28.9 Å². The normalized spacial score (nSPS) is 16.1. The molecule has 58 heavy (non-hydrogen) atoms. The number of hydrogen-bond acceptors (Lipinski definition) is 9. The Labute approximate surface area is 335 Å². The summed E-state index contributed by atoms with van der Waals surface area (Å²) in [6, 6.07) is 7.52. The summed E-state index contributed by atoms with van der Waals surface area (Å²) in [6.45, 7) is 2.61. The first kappa shape index (κ1) is 42.1. The highest BCUT2D eigenvalue weighted by atomic mass is 35.5. The van der Waals surface area contributed by atoms with Gasteiger partial charge in [0.1, 0.15) is 11.5 Å². The monoisotopic (exact) mass is 830 g/mol. The summed E-state index contributed by atoms with van der Waals surface area (Å²) in [5, 5.41) is 17.4. The van der Waals surface area contributed by atoms with E-state index < -0.39 is 36.0 Å². The number of H-pyrrole nitrogens is 2. The molecule has 0 aliphatic carbocycles. The van der Waals surface area contributed by atoms with Crippen LogP contribution in [0.2, 0.25) is 5.02 Å². The number of aromatic amines is 2. The molecule has 4 heterocycles. The molecule has 2 saturated heterocycles. The molecule has 0 unspecified atom stereocenters. The van der Waals surface area contributed by atoms with Gasteiger partial charge >= 0.3 is 12.1 Å². The fourth-order valence-corrected chi connectivity index (χ4v) is 7.62. The summed E-state index contributed by atoms with van der Waals surface area (Å²) in [7, 11) is 3.73. The number of aliphatic carboxylic acids is 1. The topological polar surface area (TPSA) is 197 Å². The molecule has 15 nitrogen and oxygen atoms in total. The number of carbonyl (C=O) groups is 4. The Kier molecular flexibility index (Phi) is 12.7. The lowest BCUT2D eigenvalue weighted by molar-refractivity contribution is -0.142. The number of carboxylic acid groups (broad SMARTS) is 1. The molecule has 2 aromatic carbocycles. The number of imidazole rings is 1. The Bertz CT molecular complexity index is 2160. The SMILES string of the molecule is CN(C)[C@@H](CC1CCN(CC(=O)O)CC1)C(=O)N1CCN(C(=O)c2ccc(NC(=O)c3ncc(Cc4c(-c5ccc(N)cc5F)n[nH]c4C(F)(F)F)[nH]3)cc2Cl)CC1. The Morgan fingerprint density at radius 3 is 2.34 bits per heavy atom. The van der Waals surface area contributed by atoms with Crippen molar-refractivity contribution in [2.45, 2.75) is 37.9 Å². The molecular weight excluding hydrogens is 788 g/mol. The van der Waals surface area contributed by atoms with Gasteiger partial charge in [-0.2, -0.15) is 18.3 Å². The Morgan fingerprint density at radius 2 is 1.72 bits per heavy atom. The number of halogens is 5. The second kappa shape index (κ2) is 17.5. The Morgan fingerprint density at radius 1 is 1.03 bits per heavy atom. The molecule has 1 atom stereocenters. The van der Waals surface area contributed by atoms with Crippen molar-refractivity contribution in [3.63, 3.8) is 0 Å². The van der Waals surface area contributed by atoms with E-state index in [1.54, 1.807) is 9.80 Å². The van der Waals surface area contributed by atoms with E-state index >= 15 is 0 Å². The summed E-state index contributed by atoms with van der Waals surface area (Å²) < 4.78 is 56.4. The number of nitrogens with two attached hydrogens (primary N) is 1. The molecule has 2 fully saturated rings. The van der Waals surface area contributed by atoms with E-state index in [1.165, 1.54) is 36.5 Å². The predicted molar refractivity (Wildman–Crippen MR) is 206 cm³/mol. The van der Waals surface area contributed by atoms with Gasteiger partial charge in [-0.25, -0.2) is 9.37 Å². The number of alkyl halides is 3. The maximum Gasteiger partial charge on any atom is 0.433 e. The number of aromatic nitrogens is 4. The molecule has 6 N–H and O–H groups in total. The van der Waals surface area contributed by atoms with Crippen LogP contribution in [0.3, 0.4) is 0 Å². The van der Waals surface area contributed by atoms with E-state index in [4.69, 9.17) is 22.4 Å². The summed E-state index contributed by atoms with van der Waals surface area (Å²) in [6.07, 6.45) is -1.78. The number of rotatable bonds is 12. The standard InChI is InChI=1S/C38H43ClF4N10O5/c1-50(2)30(15-21-7-9-51(10-8-21)20-31(54)55)37(58)53-13-11-52(12-14-53)36(57)25-6-4-23(18-28(25)39)47-35(56)34-45-19-24(46-34)17-27-32(48-49-33(27)38(41,42)43)26-5-3-22(44)16-29(26)40/h3-6,16,18-19,21,30H,7-15,17,20,44H2,1-2H3,(H,45,46)(H,47,56)(H,48,49)(H,54,55)/t30-/m0/s1. The van der Waals surface area contributed by atoms with Crippen molar-refractivity contribution < 1.29 is 41.8 Å². The third-order valence-corrected chi connectivity index (χ3v) is 10.8. The minimum atomic E-state index is -4.84. The van der Waals surface area contributed by atoms with Crippen LogP contribution in [0.1, 0.15) is 57.2 Å². The van der Waals surface area contributed by atoms with Gasteiger partial charge in [-0.1, -0.05) is 11.6 Å². The van der Waals surface area contributed by atoms with E-state index in [0.29, 0.717) is 38.5 Å². The van der Waals surface area contributed by atoms with E-state index in [1.807, 2.05) is 29.0 Å². The van der Waals surface area contributed by atoms with E-state index in [-0.39, 0.29) is 87.8 Å². The minimum absolute atomic E-state index is 0.0151. The van der Waals surface area contributed by atoms with Crippen LogP contribution in [0, 0.1) is 11.7 Å². The highest BCUT2D eigenvalue weighted by Crippen LogP contribution is 2.37. The van der Waals surface area contributed by atoms with Crippen LogP contribution >= 0.6 is 11.6 Å². The lowest BCUT2D eigenvalue weighted by Gasteiger charge is -2.39. The molecule has 2 aliphatic rings. The summed E-state index contributed by atoms with van der Waals surface area (Å²) in [5.74, 6) is -2.75. The van der Waals surface area contributed by atoms with Gasteiger partial charge in [-0.3, -0.25) is 34.1 Å². The van der Waals surface area contributed by atoms with Crippen molar-refractivity contribution >= 4 is 46.7 Å². The van der Waals surface area contributed by atoms with Crippen molar-refractivity contribution in [3.8, 4) is 11.3 Å². The number of carbonyl (C=O) groups excluding carboxylic acids is 3. The van der Waals surface area contributed by atoms with Crippen LogP contribution in [0.5, 0.6) is 0 Å². The average Bonchev–Trinajstić information content (AvgIpc) is 3.82. The summed E-state index contributed by atoms with van der Waals surface area (Å²) >= 11 is 6.52. The first-order valence-corrected chi connectivity index (χ1v) is 18.9. The van der Waals surface area contributed by atoms with Crippen LogP contribution in [0.15, 0.2) is 42.6 Å². The Balaban J connectivity index is 1.04. The molecule has 2 aromatic heterocycles. The molecule has 0 spiro atoms. The molecular formula is C38H43ClF4N10O5. The van der Waals surface area contributed by atoms with Gasteiger partial charge in [-0.15, -0.1) is 0 Å². The van der Waals surface area contributed by atoms with Gasteiger partial charge in [0.05, 0.1) is 28.9 Å². The molecule has 3 amide bonds. The first-order chi connectivity index (χ1) is 27.5. The lowest BCUT2D eigenvalue weighted by atomic mass is 9.89. The number of piperidine rings is 1. The zero-order valence-corrected chi connectivity index (χ0v) is 32.5. The fraction of sp³-hybridized carbons (Fsp3) is 0.421. The number of carboxylic acids is 1. The minimum Gasteiger partial charge on any atom is -0.480 e. The fourth-order valence-electron chi connectivity index (χ4n) is 7.36. The number of nitrogens with one attached hydrogen (secondary N) is 3. The zero-order valence-electron chi connectivity index (χ0n) is 31.7. The van der Waals surface area contributed by atoms with Gasteiger partial charge in [0.15, 0.2) is 5.82 Å². The molecule has 0 bridgehead atoms. The number of likely N-dealkylation sites (tertiary alicyclic amines) is 1. The number of amides is 3. The van der Waals surface area contributed by atoms with Gasteiger partial charge in [0.2, 0.25) is 5.91 Å². The van der Waals surface area contributed by atoms with E-state index in [9.17, 15) is 36.7 Å². The van der Waals surface area contributed by atoms with Crippen LogP contribution in [-0.2, 0) is 22.2 Å². The van der Waals surface area contributed by atoms with Crippen LogP contribution in [-0.4, -0.2) is 135 Å². The van der Waals surface area contributed by atoms with Crippen LogP contribution in [0.25, 0.3) is 11.3 Å². The van der Waals surface area contributed by atoms with Crippen molar-refractivity contribution in [2.24, 2.45) is 5.92 Å². The van der Waals surface area contributed by atoms with Gasteiger partial charge in [-0.05, 0) is 88.8 Å². The quantitative estimate of drug-likeness (QED) is 0.101. The largest absolute Gasteiger partial charge is 0.480 e. The summed E-state index contributed by atoms with van der Waals surface area (Å²) in [5.41, 5.74) is 4.18. The molecule has 0 radical (unpaired) electrons. The van der Waals surface area contributed by atoms with E-state index in [2.05, 4.69) is 20.4 Å². The highest BCUT2D eigenvalue weighted by molar-refractivity contribution is 6.34. The molecule has 6 rings (SSSR count). The van der Waals surface area contributed by atoms with Crippen molar-refractivity contribution in [1.82, 2.24) is 39.8 Å². The second-order valence-corrected chi connectivity index (χ2v) is 15.1. The third kappa shape index (κ3) is 9.76. The second-order valence-electron chi connectivity index (χ2n) is 14.7. The van der Waals surface area contributed by atoms with Crippen molar-refractivity contribution in [1.29, 1.82) is 0 Å². The number of hydrogen-bond donors (Lipinski definition) is 5. The van der Waals surface area contributed by atoms with Gasteiger partial charge < -0.3 is 30.9 Å². The number of piperazine rings is 1. The Hall–Kier alpha value is -5.53. The maximum atomic E-state index is 14.7. The predicted octanol–water partition coefficient (Wildman–Crippen LogP) is 4.44. The number of likely N-dealkylation sites (N-methyl/N-ethyl adjacent to an activating group) is 1. The summed E-state index contributed by atoms with van der Waals surface area (Å²) in [4.78, 5) is 65.2. The average molecular weight is 831 g/mol. The third-order valence-electron chi connectivity index (χ3n) is 10.5. The molecule has 0 saturated carbocycles. The van der Waals surface area contributed by atoms with Crippen molar-refractivity contribution in [2.75, 3.05) is 71.0 Å². The van der Waals surface area contributed by atoms with E-state index in [0.717, 1.165) is 18.9 Å². The maximum absolute atomic E-state index is 14.7. The van der Waals surface area contributed by atoms with Crippen molar-refractivity contribution in [3.05, 3.63) is 81.8 Å². The number of benzene rings is 2. The number of anilines is 2. The van der Waals surface area contributed by atoms with Gasteiger partial charge in [0.25, 0.3) is 11.8 Å². The van der Waals surface area contributed by atoms with Gasteiger partial charge in [0, 0.05) is 67.0 Å². The zero-order chi connectivity index (χ0) is 41.9.